The quantitative estimate of drug-likeness (QED) is 0.837. The molecular weight excluding hydrogens is 214 g/mol. The zero-order chi connectivity index (χ0) is 12.3. The van der Waals surface area contributed by atoms with E-state index in [1.165, 1.54) is 31.9 Å². The van der Waals surface area contributed by atoms with Gasteiger partial charge in [-0.3, -0.25) is 4.79 Å². The van der Waals surface area contributed by atoms with Gasteiger partial charge in [0, 0.05) is 12.7 Å². The summed E-state index contributed by atoms with van der Waals surface area (Å²) >= 11 is 0. The van der Waals surface area contributed by atoms with Crippen molar-refractivity contribution >= 4 is 11.7 Å². The van der Waals surface area contributed by atoms with E-state index in [0.717, 1.165) is 12.4 Å². The molecule has 0 radical (unpaired) electrons. The van der Waals surface area contributed by atoms with Gasteiger partial charge < -0.3 is 11.1 Å². The minimum Gasteiger partial charge on any atom is -0.370 e. The van der Waals surface area contributed by atoms with Gasteiger partial charge in [0.1, 0.15) is 5.82 Å². The fourth-order valence-corrected chi connectivity index (χ4v) is 2.35. The van der Waals surface area contributed by atoms with Crippen molar-refractivity contribution in [2.45, 2.75) is 32.6 Å². The highest BCUT2D eigenvalue weighted by atomic mass is 16.1. The lowest BCUT2D eigenvalue weighted by Crippen LogP contribution is -2.23. The number of carbonyl (C=O) groups is 1. The Hall–Kier alpha value is -1.58. The predicted octanol–water partition coefficient (Wildman–Crippen LogP) is 2.17. The van der Waals surface area contributed by atoms with Crippen molar-refractivity contribution in [2.75, 3.05) is 11.9 Å². The van der Waals surface area contributed by atoms with Crippen molar-refractivity contribution in [1.82, 2.24) is 4.98 Å². The van der Waals surface area contributed by atoms with Crippen molar-refractivity contribution in [3.8, 4) is 0 Å². The zero-order valence-corrected chi connectivity index (χ0v) is 10.2. The molecule has 4 heteroatoms. The lowest BCUT2D eigenvalue weighted by molar-refractivity contribution is 0.1000. The SMILES string of the molecule is CC1(CNc2ccc(C(N)=O)cn2)CCCC1. The normalized spacial score (nSPS) is 17.9. The Morgan fingerprint density at radius 1 is 1.47 bits per heavy atom. The molecule has 4 nitrogen and oxygen atoms in total. The molecule has 0 aromatic carbocycles. The molecule has 1 aliphatic carbocycles. The number of nitrogens with two attached hydrogens (primary N) is 1. The average Bonchev–Trinajstić information content (AvgIpc) is 2.75. The Morgan fingerprint density at radius 2 is 2.18 bits per heavy atom. The molecule has 3 N–H and O–H groups in total. The number of nitrogens with zero attached hydrogens (tertiary/aromatic N) is 1. The van der Waals surface area contributed by atoms with Crippen molar-refractivity contribution in [3.63, 3.8) is 0 Å². The second kappa shape index (κ2) is 4.73. The molecule has 1 aliphatic rings. The molecule has 1 fully saturated rings. The third-order valence-electron chi connectivity index (χ3n) is 3.55. The minimum atomic E-state index is -0.438. The van der Waals surface area contributed by atoms with E-state index in [9.17, 15) is 4.79 Å². The second-order valence-corrected chi connectivity index (χ2v) is 5.17. The summed E-state index contributed by atoms with van der Waals surface area (Å²) in [5.41, 5.74) is 6.00. The van der Waals surface area contributed by atoms with Crippen LogP contribution in [0.5, 0.6) is 0 Å². The van der Waals surface area contributed by atoms with Gasteiger partial charge in [0.25, 0.3) is 0 Å². The van der Waals surface area contributed by atoms with Gasteiger partial charge >= 0.3 is 0 Å². The molecule has 1 saturated carbocycles. The number of carbonyl (C=O) groups excluding carboxylic acids is 1. The first-order chi connectivity index (χ1) is 8.09. The molecule has 0 atom stereocenters. The standard InChI is InChI=1S/C13H19N3O/c1-13(6-2-3-7-13)9-16-11-5-4-10(8-15-11)12(14)17/h4-5,8H,2-3,6-7,9H2,1H3,(H2,14,17)(H,15,16). The Bertz CT molecular complexity index is 394. The number of nitrogens with one attached hydrogen (secondary N) is 1. The van der Waals surface area contributed by atoms with Gasteiger partial charge in [-0.05, 0) is 30.4 Å². The summed E-state index contributed by atoms with van der Waals surface area (Å²) < 4.78 is 0. The van der Waals surface area contributed by atoms with Crippen molar-refractivity contribution in [2.24, 2.45) is 11.1 Å². The molecule has 0 bridgehead atoms. The predicted molar refractivity (Wildman–Crippen MR) is 67.8 cm³/mol. The number of primary amides is 1. The first-order valence-corrected chi connectivity index (χ1v) is 6.09. The summed E-state index contributed by atoms with van der Waals surface area (Å²) in [7, 11) is 0. The Kier molecular flexibility index (Phi) is 3.31. The summed E-state index contributed by atoms with van der Waals surface area (Å²) in [5, 5.41) is 3.33. The minimum absolute atomic E-state index is 0.393. The molecule has 1 amide bonds. The van der Waals surface area contributed by atoms with Crippen LogP contribution in [-0.2, 0) is 0 Å². The van der Waals surface area contributed by atoms with E-state index in [1.807, 2.05) is 0 Å². The Labute approximate surface area is 102 Å². The van der Waals surface area contributed by atoms with E-state index in [4.69, 9.17) is 5.73 Å². The fraction of sp³-hybridized carbons (Fsp3) is 0.538. The van der Waals surface area contributed by atoms with E-state index in [0.29, 0.717) is 11.0 Å². The number of amides is 1. The van der Waals surface area contributed by atoms with Crippen LogP contribution in [0.3, 0.4) is 0 Å². The number of pyridine rings is 1. The van der Waals surface area contributed by atoms with Crippen molar-refractivity contribution in [1.29, 1.82) is 0 Å². The molecule has 2 rings (SSSR count). The van der Waals surface area contributed by atoms with E-state index in [-0.39, 0.29) is 0 Å². The van der Waals surface area contributed by atoms with Gasteiger partial charge in [-0.15, -0.1) is 0 Å². The summed E-state index contributed by atoms with van der Waals surface area (Å²) in [4.78, 5) is 15.1. The first kappa shape index (κ1) is 11.9. The van der Waals surface area contributed by atoms with Crippen LogP contribution in [0.15, 0.2) is 18.3 Å². The number of hydrogen-bond acceptors (Lipinski definition) is 3. The van der Waals surface area contributed by atoms with E-state index < -0.39 is 5.91 Å². The monoisotopic (exact) mass is 233 g/mol. The van der Waals surface area contributed by atoms with Crippen LogP contribution in [0, 0.1) is 5.41 Å². The van der Waals surface area contributed by atoms with Gasteiger partial charge in [0.15, 0.2) is 0 Å². The van der Waals surface area contributed by atoms with E-state index in [2.05, 4.69) is 17.2 Å². The number of rotatable bonds is 4. The third-order valence-corrected chi connectivity index (χ3v) is 3.55. The molecule has 0 aliphatic heterocycles. The van der Waals surface area contributed by atoms with Crippen molar-refractivity contribution in [3.05, 3.63) is 23.9 Å². The molecule has 1 aromatic rings. The number of aromatic nitrogens is 1. The molecule has 1 heterocycles. The second-order valence-electron chi connectivity index (χ2n) is 5.17. The van der Waals surface area contributed by atoms with Crippen LogP contribution in [0.25, 0.3) is 0 Å². The van der Waals surface area contributed by atoms with E-state index >= 15 is 0 Å². The first-order valence-electron chi connectivity index (χ1n) is 6.09. The molecule has 92 valence electrons. The molecule has 0 unspecified atom stereocenters. The van der Waals surface area contributed by atoms with Gasteiger partial charge in [-0.1, -0.05) is 19.8 Å². The summed E-state index contributed by atoms with van der Waals surface area (Å²) in [5.74, 6) is 0.370. The highest BCUT2D eigenvalue weighted by Crippen LogP contribution is 2.37. The van der Waals surface area contributed by atoms with Crippen LogP contribution in [-0.4, -0.2) is 17.4 Å². The van der Waals surface area contributed by atoms with Crippen LogP contribution in [0.1, 0.15) is 43.0 Å². The maximum Gasteiger partial charge on any atom is 0.250 e. The fourth-order valence-electron chi connectivity index (χ4n) is 2.35. The Morgan fingerprint density at radius 3 is 2.71 bits per heavy atom. The van der Waals surface area contributed by atoms with E-state index in [1.54, 1.807) is 12.1 Å². The highest BCUT2D eigenvalue weighted by Gasteiger charge is 2.28. The summed E-state index contributed by atoms with van der Waals surface area (Å²) in [6, 6.07) is 3.51. The molecule has 1 aromatic heterocycles. The van der Waals surface area contributed by atoms with Gasteiger partial charge in [-0.2, -0.15) is 0 Å². The maximum absolute atomic E-state index is 10.9. The molecular formula is C13H19N3O. The van der Waals surface area contributed by atoms with Crippen LogP contribution < -0.4 is 11.1 Å². The van der Waals surface area contributed by atoms with Gasteiger partial charge in [0.2, 0.25) is 5.91 Å². The largest absolute Gasteiger partial charge is 0.370 e. The smallest absolute Gasteiger partial charge is 0.250 e. The summed E-state index contributed by atoms with van der Waals surface area (Å²) in [6.45, 7) is 3.25. The molecule has 0 saturated heterocycles. The van der Waals surface area contributed by atoms with Crippen molar-refractivity contribution < 1.29 is 4.79 Å². The topological polar surface area (TPSA) is 68.0 Å². The van der Waals surface area contributed by atoms with Crippen LogP contribution in [0.2, 0.25) is 0 Å². The highest BCUT2D eigenvalue weighted by molar-refractivity contribution is 5.92. The number of hydrogen-bond donors (Lipinski definition) is 2. The molecule has 0 spiro atoms. The lowest BCUT2D eigenvalue weighted by Gasteiger charge is -2.23. The summed E-state index contributed by atoms with van der Waals surface area (Å²) in [6.07, 6.45) is 6.72. The van der Waals surface area contributed by atoms with Crippen LogP contribution in [0.4, 0.5) is 5.82 Å². The van der Waals surface area contributed by atoms with Gasteiger partial charge in [0.05, 0.1) is 5.56 Å². The molecule has 17 heavy (non-hydrogen) atoms. The van der Waals surface area contributed by atoms with Gasteiger partial charge in [-0.25, -0.2) is 4.98 Å². The lowest BCUT2D eigenvalue weighted by atomic mass is 9.89. The zero-order valence-electron chi connectivity index (χ0n) is 10.2. The third kappa shape index (κ3) is 2.96. The number of anilines is 1. The van der Waals surface area contributed by atoms with Crippen LogP contribution >= 0.6 is 0 Å². The average molecular weight is 233 g/mol. The maximum atomic E-state index is 10.9. The Balaban J connectivity index is 1.93.